The van der Waals surface area contributed by atoms with Gasteiger partial charge in [-0.25, -0.2) is 4.79 Å². The van der Waals surface area contributed by atoms with Crippen LogP contribution >= 0.6 is 0 Å². The molecule has 23 heavy (non-hydrogen) atoms. The molecule has 1 heterocycles. The third kappa shape index (κ3) is 5.38. The van der Waals surface area contributed by atoms with Crippen molar-refractivity contribution in [3.63, 3.8) is 0 Å². The van der Waals surface area contributed by atoms with E-state index in [0.29, 0.717) is 4.90 Å². The minimum Gasteiger partial charge on any atom is -0.469 e. The molecule has 2 unspecified atom stereocenters. The molecule has 1 N–H and O–H groups in total. The Morgan fingerprint density at radius 2 is 1.83 bits per heavy atom. The van der Waals surface area contributed by atoms with Gasteiger partial charge >= 0.3 is 18.2 Å². The van der Waals surface area contributed by atoms with Gasteiger partial charge in [-0.05, 0) is 32.5 Å². The average molecular weight is 357 g/mol. The van der Waals surface area contributed by atoms with Crippen LogP contribution in [-0.2, 0) is 14.0 Å². The monoisotopic (exact) mass is 357 g/mol. The molecule has 1 fully saturated rings. The van der Waals surface area contributed by atoms with E-state index >= 15 is 0 Å². The highest BCUT2D eigenvalue weighted by Gasteiger charge is 2.52. The fraction of sp³-hybridized carbons (Fsp3) is 0.846. The summed E-state index contributed by atoms with van der Waals surface area (Å²) >= 11 is 0. The van der Waals surface area contributed by atoms with Gasteiger partial charge in [-0.1, -0.05) is 0 Å². The van der Waals surface area contributed by atoms with E-state index in [-0.39, 0.29) is 19.4 Å². The maximum absolute atomic E-state index is 13.4. The minimum absolute atomic E-state index is 0.110. The number of carboxylic acid groups (broad SMARTS) is 1. The minimum atomic E-state index is -4.68. The molecule has 0 saturated carbocycles. The van der Waals surface area contributed by atoms with Crippen molar-refractivity contribution >= 4 is 20.4 Å². The highest BCUT2D eigenvalue weighted by atomic mass is 28.4. The SMILES string of the molecule is COC(=O)C1CCC([C@H](O[Si](C)(C)C)C(F)(F)F)N(C(=O)O)C1. The molecular weight excluding hydrogens is 335 g/mol. The quantitative estimate of drug-likeness (QED) is 0.618. The first kappa shape index (κ1) is 19.8. The van der Waals surface area contributed by atoms with Crippen molar-refractivity contribution in [2.75, 3.05) is 13.7 Å². The second-order valence-corrected chi connectivity index (χ2v) is 11.0. The van der Waals surface area contributed by atoms with Gasteiger partial charge in [0.25, 0.3) is 0 Å². The predicted molar refractivity (Wildman–Crippen MR) is 77.5 cm³/mol. The number of nitrogens with zero attached hydrogens (tertiary/aromatic N) is 1. The zero-order valence-corrected chi connectivity index (χ0v) is 14.5. The fourth-order valence-electron chi connectivity index (χ4n) is 2.63. The number of carbonyl (C=O) groups is 2. The Hall–Kier alpha value is -1.29. The van der Waals surface area contributed by atoms with Crippen molar-refractivity contribution in [2.24, 2.45) is 5.92 Å². The molecule has 134 valence electrons. The van der Waals surface area contributed by atoms with Crippen molar-refractivity contribution in [3.8, 4) is 0 Å². The zero-order valence-electron chi connectivity index (χ0n) is 13.5. The Kier molecular flexibility index (Phi) is 6.08. The van der Waals surface area contributed by atoms with Crippen molar-refractivity contribution in [3.05, 3.63) is 0 Å². The standard InChI is InChI=1S/C13H22F3NO5Si/c1-21-11(18)8-5-6-9(17(7-8)12(19)20)10(13(14,15)16)22-23(2,3)4/h8-10H,5-7H2,1-4H3,(H,19,20)/t8?,9?,10-/m0/s1. The van der Waals surface area contributed by atoms with E-state index in [2.05, 4.69) is 4.74 Å². The molecule has 1 aliphatic rings. The molecular formula is C13H22F3NO5Si. The van der Waals surface area contributed by atoms with E-state index in [1.54, 1.807) is 19.6 Å². The lowest BCUT2D eigenvalue weighted by molar-refractivity contribution is -0.217. The van der Waals surface area contributed by atoms with Crippen LogP contribution in [-0.4, -0.2) is 62.4 Å². The first-order valence-electron chi connectivity index (χ1n) is 7.18. The Morgan fingerprint density at radius 1 is 1.26 bits per heavy atom. The number of likely N-dealkylation sites (tertiary alicyclic amines) is 1. The molecule has 1 saturated heterocycles. The van der Waals surface area contributed by atoms with E-state index < -0.39 is 44.6 Å². The van der Waals surface area contributed by atoms with Crippen LogP contribution in [0.4, 0.5) is 18.0 Å². The molecule has 0 aromatic rings. The van der Waals surface area contributed by atoms with Crippen LogP contribution in [0.25, 0.3) is 0 Å². The number of piperidine rings is 1. The topological polar surface area (TPSA) is 76.1 Å². The Labute approximate surface area is 133 Å². The summed E-state index contributed by atoms with van der Waals surface area (Å²) in [6.07, 6.45) is -8.36. The number of amides is 1. The lowest BCUT2D eigenvalue weighted by Gasteiger charge is -2.43. The molecule has 3 atom stereocenters. The van der Waals surface area contributed by atoms with Crippen LogP contribution in [0, 0.1) is 5.92 Å². The number of hydrogen-bond donors (Lipinski definition) is 1. The van der Waals surface area contributed by atoms with Crippen molar-refractivity contribution in [1.82, 2.24) is 4.90 Å². The fourth-order valence-corrected chi connectivity index (χ4v) is 3.68. The summed E-state index contributed by atoms with van der Waals surface area (Å²) in [4.78, 5) is 23.6. The lowest BCUT2D eigenvalue weighted by atomic mass is 9.90. The smallest absolute Gasteiger partial charge is 0.415 e. The maximum atomic E-state index is 13.4. The number of carbonyl (C=O) groups excluding carboxylic acids is 1. The molecule has 0 aliphatic carbocycles. The molecule has 0 aromatic carbocycles. The van der Waals surface area contributed by atoms with Crippen molar-refractivity contribution in [1.29, 1.82) is 0 Å². The summed E-state index contributed by atoms with van der Waals surface area (Å²) in [5, 5.41) is 9.26. The van der Waals surface area contributed by atoms with Gasteiger partial charge in [0.15, 0.2) is 14.4 Å². The summed E-state index contributed by atoms with van der Waals surface area (Å²) < 4.78 is 49.9. The van der Waals surface area contributed by atoms with Crippen LogP contribution in [0.2, 0.25) is 19.6 Å². The molecule has 0 spiro atoms. The number of ether oxygens (including phenoxy) is 1. The summed E-state index contributed by atoms with van der Waals surface area (Å²) in [5.41, 5.74) is 0. The molecule has 10 heteroatoms. The van der Waals surface area contributed by atoms with E-state index in [9.17, 15) is 27.9 Å². The number of rotatable bonds is 4. The van der Waals surface area contributed by atoms with Crippen LogP contribution in [0.3, 0.4) is 0 Å². The predicted octanol–water partition coefficient (Wildman–Crippen LogP) is 2.70. The normalized spacial score (nSPS) is 24.2. The van der Waals surface area contributed by atoms with Crippen molar-refractivity contribution in [2.45, 2.75) is 50.8 Å². The summed E-state index contributed by atoms with van der Waals surface area (Å²) in [5.74, 6) is -1.38. The molecule has 1 amide bonds. The molecule has 0 radical (unpaired) electrons. The van der Waals surface area contributed by atoms with Gasteiger partial charge < -0.3 is 19.2 Å². The molecule has 1 rings (SSSR count). The van der Waals surface area contributed by atoms with Gasteiger partial charge in [-0.15, -0.1) is 0 Å². The number of methoxy groups -OCH3 is 1. The summed E-state index contributed by atoms with van der Waals surface area (Å²) in [6.45, 7) is 4.50. The highest BCUT2D eigenvalue weighted by molar-refractivity contribution is 6.69. The molecule has 6 nitrogen and oxygen atoms in total. The molecule has 0 aromatic heterocycles. The number of halogens is 3. The lowest BCUT2D eigenvalue weighted by Crippen LogP contribution is -2.59. The Morgan fingerprint density at radius 3 is 2.22 bits per heavy atom. The number of esters is 1. The van der Waals surface area contributed by atoms with Gasteiger partial charge in [0, 0.05) is 6.54 Å². The van der Waals surface area contributed by atoms with Gasteiger partial charge in [0.2, 0.25) is 0 Å². The van der Waals surface area contributed by atoms with Crippen LogP contribution < -0.4 is 0 Å². The summed E-state index contributed by atoms with van der Waals surface area (Å²) in [6, 6.07) is -1.36. The van der Waals surface area contributed by atoms with E-state index in [4.69, 9.17) is 4.43 Å². The third-order valence-electron chi connectivity index (χ3n) is 3.56. The highest BCUT2D eigenvalue weighted by Crippen LogP contribution is 2.35. The van der Waals surface area contributed by atoms with Gasteiger partial charge in [0.1, 0.15) is 0 Å². The first-order chi connectivity index (χ1) is 10.4. The summed E-state index contributed by atoms with van der Waals surface area (Å²) in [7, 11) is -1.40. The second kappa shape index (κ2) is 7.08. The van der Waals surface area contributed by atoms with E-state index in [0.717, 1.165) is 7.11 Å². The van der Waals surface area contributed by atoms with Gasteiger partial charge in [-0.2, -0.15) is 13.2 Å². The molecule has 1 aliphatic heterocycles. The maximum Gasteiger partial charge on any atom is 0.415 e. The Bertz CT molecular complexity index is 452. The first-order valence-corrected chi connectivity index (χ1v) is 10.6. The van der Waals surface area contributed by atoms with E-state index in [1.807, 2.05) is 0 Å². The number of alkyl halides is 3. The van der Waals surface area contributed by atoms with Gasteiger partial charge in [-0.3, -0.25) is 4.79 Å². The third-order valence-corrected chi connectivity index (χ3v) is 4.52. The Balaban J connectivity index is 3.05. The zero-order chi connectivity index (χ0) is 18.0. The average Bonchev–Trinajstić information content (AvgIpc) is 2.41. The van der Waals surface area contributed by atoms with Gasteiger partial charge in [0.05, 0.1) is 19.1 Å². The van der Waals surface area contributed by atoms with Crippen molar-refractivity contribution < 1.29 is 37.0 Å². The molecule has 0 bridgehead atoms. The van der Waals surface area contributed by atoms with Crippen LogP contribution in [0.5, 0.6) is 0 Å². The number of hydrogen-bond acceptors (Lipinski definition) is 4. The van der Waals surface area contributed by atoms with E-state index in [1.165, 1.54) is 0 Å². The van der Waals surface area contributed by atoms with Crippen LogP contribution in [0.1, 0.15) is 12.8 Å². The van der Waals surface area contributed by atoms with Crippen LogP contribution in [0.15, 0.2) is 0 Å². The largest absolute Gasteiger partial charge is 0.469 e. The second-order valence-electron chi connectivity index (χ2n) is 6.49.